The third-order valence-corrected chi connectivity index (χ3v) is 4.00. The number of benzene rings is 2. The third kappa shape index (κ3) is 4.47. The largest absolute Gasteiger partial charge is 0.497 e. The number of aryl methyl sites for hydroxylation is 2. The summed E-state index contributed by atoms with van der Waals surface area (Å²) < 4.78 is 10.8. The fraction of sp³-hybridized carbons (Fsp3) is 0.250. The number of rotatable bonds is 7. The van der Waals surface area contributed by atoms with Gasteiger partial charge in [0.15, 0.2) is 0 Å². The number of methoxy groups -OCH3 is 1. The van der Waals surface area contributed by atoms with Crippen LogP contribution in [0.4, 0.5) is 5.69 Å². The molecule has 3 rings (SSSR count). The molecule has 2 aromatic carbocycles. The van der Waals surface area contributed by atoms with Crippen molar-refractivity contribution in [1.82, 2.24) is 10.2 Å². The zero-order chi connectivity index (χ0) is 18.4. The lowest BCUT2D eigenvalue weighted by atomic mass is 10.1. The zero-order valence-electron chi connectivity index (χ0n) is 14.9. The van der Waals surface area contributed by atoms with E-state index >= 15 is 0 Å². The fourth-order valence-electron chi connectivity index (χ4n) is 2.50. The number of nitrogens with zero attached hydrogens (tertiary/aromatic N) is 2. The van der Waals surface area contributed by atoms with Gasteiger partial charge in [-0.05, 0) is 42.3 Å². The van der Waals surface area contributed by atoms with Gasteiger partial charge in [0.25, 0.3) is 0 Å². The molecule has 0 saturated heterocycles. The Bertz CT molecular complexity index is 872. The van der Waals surface area contributed by atoms with Crippen molar-refractivity contribution in [2.45, 2.75) is 26.2 Å². The predicted molar refractivity (Wildman–Crippen MR) is 99.1 cm³/mol. The summed E-state index contributed by atoms with van der Waals surface area (Å²) in [6.07, 6.45) is 1.63. The van der Waals surface area contributed by atoms with Crippen LogP contribution in [0.2, 0.25) is 0 Å². The molecule has 6 heteroatoms. The van der Waals surface area contributed by atoms with Gasteiger partial charge in [-0.3, -0.25) is 4.79 Å². The molecule has 0 unspecified atom stereocenters. The lowest BCUT2D eigenvalue weighted by Crippen LogP contribution is -2.12. The minimum atomic E-state index is -0.0876. The molecule has 1 amide bonds. The van der Waals surface area contributed by atoms with Crippen LogP contribution in [-0.2, 0) is 17.6 Å². The van der Waals surface area contributed by atoms with Crippen molar-refractivity contribution in [3.8, 4) is 17.2 Å². The Morgan fingerprint density at radius 3 is 2.69 bits per heavy atom. The number of carbonyl (C=O) groups excluding carboxylic acids is 1. The van der Waals surface area contributed by atoms with E-state index in [1.807, 2.05) is 48.5 Å². The first kappa shape index (κ1) is 17.7. The number of nitrogens with one attached hydrogen (secondary N) is 1. The average Bonchev–Trinajstić information content (AvgIpc) is 3.16. The second-order valence-electron chi connectivity index (χ2n) is 5.83. The lowest BCUT2D eigenvalue weighted by Gasteiger charge is -2.05. The molecule has 0 aliphatic heterocycles. The topological polar surface area (TPSA) is 77.2 Å². The first-order valence-electron chi connectivity index (χ1n) is 8.53. The SMILES string of the molecule is CCc1ccc(NC(=O)CCc2nnc(-c3cccc(OC)c3)o2)cc1. The van der Waals surface area contributed by atoms with E-state index < -0.39 is 0 Å². The molecule has 1 N–H and O–H groups in total. The van der Waals surface area contributed by atoms with Crippen LogP contribution in [0.15, 0.2) is 52.9 Å². The maximum Gasteiger partial charge on any atom is 0.247 e. The van der Waals surface area contributed by atoms with Gasteiger partial charge in [-0.2, -0.15) is 0 Å². The van der Waals surface area contributed by atoms with Crippen molar-refractivity contribution in [2.75, 3.05) is 12.4 Å². The molecule has 0 saturated carbocycles. The Kier molecular flexibility index (Phi) is 5.63. The van der Waals surface area contributed by atoms with Gasteiger partial charge < -0.3 is 14.5 Å². The summed E-state index contributed by atoms with van der Waals surface area (Å²) in [5, 5.41) is 10.9. The third-order valence-electron chi connectivity index (χ3n) is 4.00. The molecule has 0 aliphatic rings. The van der Waals surface area contributed by atoms with Crippen molar-refractivity contribution >= 4 is 11.6 Å². The van der Waals surface area contributed by atoms with E-state index in [-0.39, 0.29) is 12.3 Å². The monoisotopic (exact) mass is 351 g/mol. The minimum Gasteiger partial charge on any atom is -0.497 e. The maximum atomic E-state index is 12.1. The standard InChI is InChI=1S/C20H21N3O3/c1-3-14-7-9-16(10-8-14)21-18(24)11-12-19-22-23-20(26-19)15-5-4-6-17(13-15)25-2/h4-10,13H,3,11-12H2,1-2H3,(H,21,24). The fourth-order valence-corrected chi connectivity index (χ4v) is 2.50. The zero-order valence-corrected chi connectivity index (χ0v) is 14.9. The minimum absolute atomic E-state index is 0.0876. The highest BCUT2D eigenvalue weighted by atomic mass is 16.5. The van der Waals surface area contributed by atoms with Crippen LogP contribution in [0.1, 0.15) is 24.8 Å². The Balaban J connectivity index is 1.56. The van der Waals surface area contributed by atoms with Crippen LogP contribution < -0.4 is 10.1 Å². The molecule has 0 radical (unpaired) electrons. The quantitative estimate of drug-likeness (QED) is 0.699. The summed E-state index contributed by atoms with van der Waals surface area (Å²) in [6.45, 7) is 2.10. The van der Waals surface area contributed by atoms with Crippen LogP contribution in [0.5, 0.6) is 5.75 Å². The van der Waals surface area contributed by atoms with Crippen molar-refractivity contribution < 1.29 is 13.9 Å². The summed E-state index contributed by atoms with van der Waals surface area (Å²) >= 11 is 0. The molecule has 0 fully saturated rings. The number of amides is 1. The van der Waals surface area contributed by atoms with E-state index in [1.54, 1.807) is 7.11 Å². The van der Waals surface area contributed by atoms with Crippen LogP contribution in [0.25, 0.3) is 11.5 Å². The first-order valence-corrected chi connectivity index (χ1v) is 8.53. The Morgan fingerprint density at radius 2 is 1.96 bits per heavy atom. The first-order chi connectivity index (χ1) is 12.7. The summed E-state index contributed by atoms with van der Waals surface area (Å²) in [4.78, 5) is 12.1. The molecule has 134 valence electrons. The average molecular weight is 351 g/mol. The van der Waals surface area contributed by atoms with Crippen LogP contribution in [0, 0.1) is 0 Å². The molecule has 3 aromatic rings. The molecule has 26 heavy (non-hydrogen) atoms. The second-order valence-corrected chi connectivity index (χ2v) is 5.83. The Morgan fingerprint density at radius 1 is 1.15 bits per heavy atom. The highest BCUT2D eigenvalue weighted by molar-refractivity contribution is 5.90. The van der Waals surface area contributed by atoms with E-state index in [9.17, 15) is 4.79 Å². The van der Waals surface area contributed by atoms with Crippen molar-refractivity contribution in [3.63, 3.8) is 0 Å². The molecule has 1 heterocycles. The number of carbonyl (C=O) groups is 1. The summed E-state index contributed by atoms with van der Waals surface area (Å²) in [7, 11) is 1.60. The normalized spacial score (nSPS) is 10.5. The Hall–Kier alpha value is -3.15. The van der Waals surface area contributed by atoms with E-state index in [0.717, 1.165) is 23.4 Å². The van der Waals surface area contributed by atoms with Gasteiger partial charge in [0, 0.05) is 24.1 Å². The van der Waals surface area contributed by atoms with Gasteiger partial charge in [0.1, 0.15) is 5.75 Å². The Labute approximate surface area is 152 Å². The summed E-state index contributed by atoms with van der Waals surface area (Å²) in [6, 6.07) is 15.2. The molecular weight excluding hydrogens is 330 g/mol. The highest BCUT2D eigenvalue weighted by Crippen LogP contribution is 2.23. The maximum absolute atomic E-state index is 12.1. The number of aromatic nitrogens is 2. The molecule has 0 atom stereocenters. The van der Waals surface area contributed by atoms with Crippen molar-refractivity contribution in [3.05, 3.63) is 60.0 Å². The van der Waals surface area contributed by atoms with E-state index in [4.69, 9.17) is 9.15 Å². The van der Waals surface area contributed by atoms with Gasteiger partial charge in [0.05, 0.1) is 7.11 Å². The molecular formula is C20H21N3O3. The molecule has 0 aliphatic carbocycles. The number of hydrogen-bond acceptors (Lipinski definition) is 5. The smallest absolute Gasteiger partial charge is 0.247 e. The van der Waals surface area contributed by atoms with Crippen molar-refractivity contribution in [1.29, 1.82) is 0 Å². The van der Waals surface area contributed by atoms with Crippen LogP contribution >= 0.6 is 0 Å². The molecule has 0 spiro atoms. The molecule has 6 nitrogen and oxygen atoms in total. The predicted octanol–water partition coefficient (Wildman–Crippen LogP) is 3.88. The number of anilines is 1. The molecule has 0 bridgehead atoms. The van der Waals surface area contributed by atoms with Gasteiger partial charge in [-0.25, -0.2) is 0 Å². The summed E-state index contributed by atoms with van der Waals surface area (Å²) in [5.41, 5.74) is 2.80. The summed E-state index contributed by atoms with van der Waals surface area (Å²) in [5.74, 6) is 1.47. The van der Waals surface area contributed by atoms with Crippen LogP contribution in [0.3, 0.4) is 0 Å². The van der Waals surface area contributed by atoms with Gasteiger partial charge >= 0.3 is 0 Å². The lowest BCUT2D eigenvalue weighted by molar-refractivity contribution is -0.116. The molecule has 1 aromatic heterocycles. The van der Waals surface area contributed by atoms with Gasteiger partial charge in [-0.1, -0.05) is 25.1 Å². The van der Waals surface area contributed by atoms with Gasteiger partial charge in [-0.15, -0.1) is 10.2 Å². The van der Waals surface area contributed by atoms with E-state index in [2.05, 4.69) is 22.4 Å². The highest BCUT2D eigenvalue weighted by Gasteiger charge is 2.11. The van der Waals surface area contributed by atoms with E-state index in [0.29, 0.717) is 18.2 Å². The van der Waals surface area contributed by atoms with E-state index in [1.165, 1.54) is 5.56 Å². The van der Waals surface area contributed by atoms with Crippen molar-refractivity contribution in [2.24, 2.45) is 0 Å². The van der Waals surface area contributed by atoms with Gasteiger partial charge in [0.2, 0.25) is 17.7 Å². The second kappa shape index (κ2) is 8.29. The number of ether oxygens (including phenoxy) is 1. The number of hydrogen-bond donors (Lipinski definition) is 1. The van der Waals surface area contributed by atoms with Crippen LogP contribution in [-0.4, -0.2) is 23.2 Å².